The zero-order valence-electron chi connectivity index (χ0n) is 15.7. The Hall–Kier alpha value is -1.68. The summed E-state index contributed by atoms with van der Waals surface area (Å²) >= 11 is 0. The molecule has 3 nitrogen and oxygen atoms in total. The zero-order chi connectivity index (χ0) is 18.9. The van der Waals surface area contributed by atoms with Crippen molar-refractivity contribution < 1.29 is 19.0 Å². The molecule has 26 heavy (non-hydrogen) atoms. The summed E-state index contributed by atoms with van der Waals surface area (Å²) in [7, 11) is 1.54. The molecule has 0 aromatic heterocycles. The van der Waals surface area contributed by atoms with Crippen molar-refractivity contribution in [3.63, 3.8) is 0 Å². The highest BCUT2D eigenvalue weighted by Gasteiger charge is 2.64. The van der Waals surface area contributed by atoms with E-state index in [0.29, 0.717) is 30.6 Å². The number of ketones is 1. The molecule has 4 aliphatic carbocycles. The fraction of sp³-hybridized carbons (Fsp3) is 0.591. The van der Waals surface area contributed by atoms with Gasteiger partial charge in [0.15, 0.2) is 5.78 Å². The Morgan fingerprint density at radius 1 is 1.38 bits per heavy atom. The third kappa shape index (κ3) is 1.99. The van der Waals surface area contributed by atoms with Gasteiger partial charge in [-0.3, -0.25) is 4.79 Å². The Labute approximate surface area is 154 Å². The van der Waals surface area contributed by atoms with E-state index in [0.717, 1.165) is 6.42 Å². The highest BCUT2D eigenvalue weighted by Crippen LogP contribution is 2.66. The summed E-state index contributed by atoms with van der Waals surface area (Å²) in [5.41, 5.74) is -0.242. The fourth-order valence-corrected chi connectivity index (χ4v) is 6.17. The van der Waals surface area contributed by atoms with Crippen molar-refractivity contribution in [2.24, 2.45) is 22.7 Å². The Bertz CT molecular complexity index is 778. The topological polar surface area (TPSA) is 46.5 Å². The number of aliphatic hydroxyl groups is 1. The number of carbonyl (C=O) groups excluding carboxylic acids is 1. The average Bonchev–Trinajstić information content (AvgIpc) is 2.88. The number of ether oxygens (including phenoxy) is 1. The van der Waals surface area contributed by atoms with E-state index in [1.807, 2.05) is 13.0 Å². The van der Waals surface area contributed by atoms with Gasteiger partial charge in [-0.2, -0.15) is 0 Å². The molecule has 0 aromatic carbocycles. The molecule has 6 atom stereocenters. The molecule has 0 aromatic rings. The van der Waals surface area contributed by atoms with Crippen molar-refractivity contribution in [1.82, 2.24) is 0 Å². The second kappa shape index (κ2) is 5.41. The summed E-state index contributed by atoms with van der Waals surface area (Å²) in [6.45, 7) is 8.05. The van der Waals surface area contributed by atoms with E-state index < -0.39 is 22.6 Å². The van der Waals surface area contributed by atoms with Crippen molar-refractivity contribution in [3.8, 4) is 0 Å². The smallest absolute Gasteiger partial charge is 0.178 e. The second-order valence-electron chi connectivity index (χ2n) is 8.76. The molecule has 4 aliphatic rings. The first-order valence-corrected chi connectivity index (χ1v) is 9.43. The summed E-state index contributed by atoms with van der Waals surface area (Å²) in [5, 5.41) is 11.4. The summed E-state index contributed by atoms with van der Waals surface area (Å²) in [6.07, 6.45) is 8.45. The molecule has 0 spiro atoms. The molecule has 2 fully saturated rings. The molecule has 0 aliphatic heterocycles. The van der Waals surface area contributed by atoms with E-state index in [2.05, 4.69) is 19.6 Å². The average molecular weight is 358 g/mol. The number of carbonyl (C=O) groups is 1. The molecule has 4 rings (SSSR count). The third-order valence-corrected chi connectivity index (χ3v) is 7.80. The standard InChI is InChI=1S/C22H27FO3/c1-13(26-4)22(25)10-7-17-15-12-19(23)18-11-14(24)5-8-20(18,2)16(15)6-9-21(17,22)3/h5-6,8,11,15,17,19,25H,1,7,9-10,12H2,2-4H3/t15-,17+,19?,20-,21+,22+/m1/s1. The van der Waals surface area contributed by atoms with Crippen LogP contribution in [0.2, 0.25) is 0 Å². The number of fused-ring (bicyclic) bond motifs is 5. The number of rotatable bonds is 2. The zero-order valence-corrected chi connectivity index (χ0v) is 15.7. The van der Waals surface area contributed by atoms with Crippen molar-refractivity contribution in [2.75, 3.05) is 7.11 Å². The third-order valence-electron chi connectivity index (χ3n) is 7.80. The lowest BCUT2D eigenvalue weighted by atomic mass is 9.51. The van der Waals surface area contributed by atoms with Gasteiger partial charge in [-0.25, -0.2) is 4.39 Å². The molecular weight excluding hydrogens is 331 g/mol. The predicted molar refractivity (Wildman–Crippen MR) is 98.0 cm³/mol. The summed E-state index contributed by atoms with van der Waals surface area (Å²) in [5.74, 6) is 0.498. The van der Waals surface area contributed by atoms with Crippen LogP contribution in [0.1, 0.15) is 39.5 Å². The minimum Gasteiger partial charge on any atom is -0.499 e. The van der Waals surface area contributed by atoms with Crippen LogP contribution in [-0.2, 0) is 9.53 Å². The molecule has 140 valence electrons. The highest BCUT2D eigenvalue weighted by atomic mass is 19.1. The Morgan fingerprint density at radius 2 is 2.12 bits per heavy atom. The van der Waals surface area contributed by atoms with Crippen molar-refractivity contribution in [3.05, 3.63) is 47.8 Å². The van der Waals surface area contributed by atoms with Crippen LogP contribution < -0.4 is 0 Å². The van der Waals surface area contributed by atoms with E-state index in [1.54, 1.807) is 13.2 Å². The van der Waals surface area contributed by atoms with Gasteiger partial charge in [0.25, 0.3) is 0 Å². The van der Waals surface area contributed by atoms with Gasteiger partial charge in [-0.15, -0.1) is 0 Å². The lowest BCUT2D eigenvalue weighted by molar-refractivity contribution is -0.110. The minimum atomic E-state index is -1.13. The molecule has 1 unspecified atom stereocenters. The van der Waals surface area contributed by atoms with Gasteiger partial charge < -0.3 is 9.84 Å². The summed E-state index contributed by atoms with van der Waals surface area (Å²) < 4.78 is 20.5. The molecule has 0 saturated heterocycles. The predicted octanol–water partition coefficient (Wildman–Crippen LogP) is 4.05. The van der Waals surface area contributed by atoms with Gasteiger partial charge in [0.2, 0.25) is 0 Å². The number of alkyl halides is 1. The quantitative estimate of drug-likeness (QED) is 0.598. The van der Waals surface area contributed by atoms with E-state index >= 15 is 4.39 Å². The molecule has 1 N–H and O–H groups in total. The summed E-state index contributed by atoms with van der Waals surface area (Å²) in [4.78, 5) is 11.8. The van der Waals surface area contributed by atoms with Crippen LogP contribution in [0.4, 0.5) is 4.39 Å². The van der Waals surface area contributed by atoms with Crippen molar-refractivity contribution in [1.29, 1.82) is 0 Å². The van der Waals surface area contributed by atoms with E-state index in [4.69, 9.17) is 4.74 Å². The van der Waals surface area contributed by atoms with Gasteiger partial charge in [0.1, 0.15) is 17.5 Å². The van der Waals surface area contributed by atoms with E-state index in [1.165, 1.54) is 11.6 Å². The SMILES string of the molecule is C=C(OC)[C@@]1(O)CC[C@H]2[C@@H]3CC(F)C4=CC(=O)C=C[C@]4(C)C3=CC[C@@]21C. The van der Waals surface area contributed by atoms with Crippen LogP contribution >= 0.6 is 0 Å². The summed E-state index contributed by atoms with van der Waals surface area (Å²) in [6, 6.07) is 0. The largest absolute Gasteiger partial charge is 0.499 e. The molecule has 0 heterocycles. The van der Waals surface area contributed by atoms with Crippen LogP contribution in [0.25, 0.3) is 0 Å². The number of allylic oxidation sites excluding steroid dienone is 6. The van der Waals surface area contributed by atoms with Gasteiger partial charge in [0.05, 0.1) is 7.11 Å². The van der Waals surface area contributed by atoms with Crippen molar-refractivity contribution in [2.45, 2.75) is 51.3 Å². The number of hydrogen-bond acceptors (Lipinski definition) is 3. The molecule has 2 saturated carbocycles. The maximum absolute atomic E-state index is 15.1. The van der Waals surface area contributed by atoms with Crippen LogP contribution in [0.3, 0.4) is 0 Å². The second-order valence-corrected chi connectivity index (χ2v) is 8.76. The maximum Gasteiger partial charge on any atom is 0.178 e. The normalized spacial score (nSPS) is 46.7. The van der Waals surface area contributed by atoms with Gasteiger partial charge in [-0.05, 0) is 62.2 Å². The lowest BCUT2D eigenvalue weighted by Gasteiger charge is -2.54. The molecule has 0 amide bonds. The first-order valence-electron chi connectivity index (χ1n) is 9.43. The van der Waals surface area contributed by atoms with Crippen LogP contribution in [-0.4, -0.2) is 29.8 Å². The first kappa shape index (κ1) is 17.7. The first-order chi connectivity index (χ1) is 12.2. The maximum atomic E-state index is 15.1. The lowest BCUT2D eigenvalue weighted by Crippen LogP contribution is -2.52. The van der Waals surface area contributed by atoms with E-state index in [9.17, 15) is 9.90 Å². The molecule has 0 radical (unpaired) electrons. The Morgan fingerprint density at radius 3 is 2.81 bits per heavy atom. The van der Waals surface area contributed by atoms with Crippen LogP contribution in [0.5, 0.6) is 0 Å². The Balaban J connectivity index is 1.80. The molecule has 0 bridgehead atoms. The molecule has 4 heteroatoms. The molecular formula is C22H27FO3. The van der Waals surface area contributed by atoms with Gasteiger partial charge in [0, 0.05) is 10.8 Å². The number of halogens is 1. The van der Waals surface area contributed by atoms with Gasteiger partial charge >= 0.3 is 0 Å². The number of hydrogen-bond donors (Lipinski definition) is 1. The highest BCUT2D eigenvalue weighted by molar-refractivity contribution is 6.01. The van der Waals surface area contributed by atoms with Crippen molar-refractivity contribution >= 4 is 5.78 Å². The number of methoxy groups -OCH3 is 1. The van der Waals surface area contributed by atoms with E-state index in [-0.39, 0.29) is 17.6 Å². The monoisotopic (exact) mass is 358 g/mol. The van der Waals surface area contributed by atoms with Gasteiger partial charge in [-0.1, -0.05) is 31.2 Å². The van der Waals surface area contributed by atoms with Crippen LogP contribution in [0.15, 0.2) is 47.8 Å². The fourth-order valence-electron chi connectivity index (χ4n) is 6.17. The van der Waals surface area contributed by atoms with Crippen LogP contribution in [0, 0.1) is 22.7 Å². The Kier molecular flexibility index (Phi) is 3.69. The minimum absolute atomic E-state index is 0.0578.